The molecule has 2 aliphatic carbocycles. The highest BCUT2D eigenvalue weighted by atomic mass is 15.3. The standard InChI is InChI=1S/C31H43N3/c1-5-25(26-9-10-26)22-29(27-11-12-27)30(6-2)34-19-17-32(18-20-34)24(4)28-13-14-31(23(3)21-28)33-15-7-8-16-33/h5-6,13-14,21-22,26-27H,4,7-12,15-20H2,1-3H3/b25-5+,29-22-,30-6-. The molecule has 4 fully saturated rings. The lowest BCUT2D eigenvalue weighted by Crippen LogP contribution is -2.45. The summed E-state index contributed by atoms with van der Waals surface area (Å²) in [4.78, 5) is 7.67. The first kappa shape index (κ1) is 23.3. The first-order valence-electron chi connectivity index (χ1n) is 13.7. The van der Waals surface area contributed by atoms with Crippen molar-refractivity contribution in [3.63, 3.8) is 0 Å². The minimum atomic E-state index is 0.769. The maximum absolute atomic E-state index is 4.52. The summed E-state index contributed by atoms with van der Waals surface area (Å²) in [5.74, 6) is 1.59. The summed E-state index contributed by atoms with van der Waals surface area (Å²) in [6.45, 7) is 17.8. The van der Waals surface area contributed by atoms with Gasteiger partial charge in [-0.1, -0.05) is 30.9 Å². The SMILES string of the molecule is C=C(c1ccc(N2CCCC2)c(C)c1)N1CCN(C(=C\C)/C(=C\C(=C/C)C2CC2)C2CC2)CC1. The van der Waals surface area contributed by atoms with E-state index in [0.717, 1.165) is 38.0 Å². The van der Waals surface area contributed by atoms with E-state index in [9.17, 15) is 0 Å². The van der Waals surface area contributed by atoms with E-state index in [-0.39, 0.29) is 0 Å². The molecule has 2 aliphatic heterocycles. The molecule has 0 N–H and O–H groups in total. The van der Waals surface area contributed by atoms with Crippen LogP contribution < -0.4 is 4.90 Å². The molecule has 0 bridgehead atoms. The predicted octanol–water partition coefficient (Wildman–Crippen LogP) is 6.78. The van der Waals surface area contributed by atoms with Crippen LogP contribution in [0.1, 0.15) is 63.5 Å². The molecular formula is C31H43N3. The van der Waals surface area contributed by atoms with Gasteiger partial charge in [-0.3, -0.25) is 0 Å². The Labute approximate surface area is 207 Å². The first-order valence-corrected chi connectivity index (χ1v) is 13.7. The summed E-state index contributed by atoms with van der Waals surface area (Å²) in [5.41, 5.74) is 9.90. The lowest BCUT2D eigenvalue weighted by molar-refractivity contribution is 0.215. The van der Waals surface area contributed by atoms with E-state index in [1.54, 1.807) is 11.1 Å². The molecule has 3 nitrogen and oxygen atoms in total. The van der Waals surface area contributed by atoms with Crippen LogP contribution in [0.25, 0.3) is 5.70 Å². The monoisotopic (exact) mass is 457 g/mol. The third kappa shape index (κ3) is 4.99. The van der Waals surface area contributed by atoms with Gasteiger partial charge in [0.05, 0.1) is 0 Å². The Kier molecular flexibility index (Phi) is 6.90. The number of nitrogens with zero attached hydrogens (tertiary/aromatic N) is 3. The highest BCUT2D eigenvalue weighted by Gasteiger charge is 2.33. The van der Waals surface area contributed by atoms with Crippen molar-refractivity contribution in [2.24, 2.45) is 11.8 Å². The van der Waals surface area contributed by atoms with Crippen molar-refractivity contribution in [3.05, 3.63) is 71.0 Å². The van der Waals surface area contributed by atoms with E-state index in [1.807, 2.05) is 0 Å². The normalized spacial score (nSPS) is 22.6. The Bertz CT molecular complexity index is 992. The molecule has 0 radical (unpaired) electrons. The van der Waals surface area contributed by atoms with Crippen molar-refractivity contribution < 1.29 is 0 Å². The number of aryl methyl sites for hydroxylation is 1. The van der Waals surface area contributed by atoms with Crippen LogP contribution in [0.5, 0.6) is 0 Å². The van der Waals surface area contributed by atoms with Crippen LogP contribution in [0.2, 0.25) is 0 Å². The number of benzene rings is 1. The minimum Gasteiger partial charge on any atom is -0.371 e. The average Bonchev–Trinajstić information content (AvgIpc) is 3.80. The Morgan fingerprint density at radius 2 is 1.50 bits per heavy atom. The molecule has 2 saturated heterocycles. The van der Waals surface area contributed by atoms with Crippen LogP contribution in [0.4, 0.5) is 5.69 Å². The Balaban J connectivity index is 1.24. The second kappa shape index (κ2) is 10.1. The van der Waals surface area contributed by atoms with E-state index in [0.29, 0.717) is 0 Å². The molecule has 1 aromatic carbocycles. The van der Waals surface area contributed by atoms with Crippen LogP contribution in [0.3, 0.4) is 0 Å². The van der Waals surface area contributed by atoms with Crippen molar-refractivity contribution in [2.75, 3.05) is 44.2 Å². The van der Waals surface area contributed by atoms with Gasteiger partial charge in [0.2, 0.25) is 0 Å². The highest BCUT2D eigenvalue weighted by Crippen LogP contribution is 2.44. The van der Waals surface area contributed by atoms with Crippen molar-refractivity contribution in [3.8, 4) is 0 Å². The van der Waals surface area contributed by atoms with Crippen LogP contribution in [0.15, 0.2) is 59.8 Å². The van der Waals surface area contributed by atoms with Gasteiger partial charge in [0.25, 0.3) is 0 Å². The molecule has 0 atom stereocenters. The molecule has 0 aromatic heterocycles. The Morgan fingerprint density at radius 1 is 0.853 bits per heavy atom. The maximum atomic E-state index is 4.52. The smallest absolute Gasteiger partial charge is 0.0396 e. The number of hydrogen-bond acceptors (Lipinski definition) is 3. The van der Waals surface area contributed by atoms with E-state index in [2.05, 4.69) is 78.5 Å². The fourth-order valence-electron chi connectivity index (χ4n) is 5.91. The molecule has 0 spiro atoms. The van der Waals surface area contributed by atoms with Gasteiger partial charge in [0, 0.05) is 56.4 Å². The molecule has 2 heterocycles. The molecule has 2 saturated carbocycles. The predicted molar refractivity (Wildman–Crippen MR) is 146 cm³/mol. The molecule has 0 unspecified atom stereocenters. The lowest BCUT2D eigenvalue weighted by atomic mass is 9.99. The first-order chi connectivity index (χ1) is 16.6. The van der Waals surface area contributed by atoms with Gasteiger partial charge >= 0.3 is 0 Å². The van der Waals surface area contributed by atoms with Gasteiger partial charge in [-0.25, -0.2) is 0 Å². The molecule has 3 heteroatoms. The van der Waals surface area contributed by atoms with Gasteiger partial charge in [-0.15, -0.1) is 0 Å². The van der Waals surface area contributed by atoms with E-state index < -0.39 is 0 Å². The summed E-state index contributed by atoms with van der Waals surface area (Å²) in [5, 5.41) is 0. The van der Waals surface area contributed by atoms with E-state index in [4.69, 9.17) is 0 Å². The summed E-state index contributed by atoms with van der Waals surface area (Å²) in [7, 11) is 0. The van der Waals surface area contributed by atoms with Crippen LogP contribution in [-0.2, 0) is 0 Å². The average molecular weight is 458 g/mol. The van der Waals surface area contributed by atoms with Crippen molar-refractivity contribution >= 4 is 11.4 Å². The van der Waals surface area contributed by atoms with Crippen LogP contribution in [-0.4, -0.2) is 49.1 Å². The lowest BCUT2D eigenvalue weighted by Gasteiger charge is -2.40. The summed E-state index contributed by atoms with van der Waals surface area (Å²) >= 11 is 0. The number of hydrogen-bond donors (Lipinski definition) is 0. The van der Waals surface area contributed by atoms with E-state index in [1.165, 1.54) is 79.8 Å². The topological polar surface area (TPSA) is 9.72 Å². The Morgan fingerprint density at radius 3 is 2.06 bits per heavy atom. The molecule has 0 amide bonds. The zero-order valence-electron chi connectivity index (χ0n) is 21.7. The number of rotatable bonds is 8. The third-order valence-corrected chi connectivity index (χ3v) is 8.27. The zero-order valence-corrected chi connectivity index (χ0v) is 21.7. The molecule has 34 heavy (non-hydrogen) atoms. The highest BCUT2D eigenvalue weighted by molar-refractivity contribution is 5.67. The fourth-order valence-corrected chi connectivity index (χ4v) is 5.91. The number of anilines is 1. The second-order valence-electron chi connectivity index (χ2n) is 10.7. The third-order valence-electron chi connectivity index (χ3n) is 8.27. The van der Waals surface area contributed by atoms with Gasteiger partial charge < -0.3 is 14.7 Å². The minimum absolute atomic E-state index is 0.769. The van der Waals surface area contributed by atoms with Crippen LogP contribution >= 0.6 is 0 Å². The fraction of sp³-hybridized carbons (Fsp3) is 0.548. The van der Waals surface area contributed by atoms with Crippen molar-refractivity contribution in [2.45, 2.75) is 59.3 Å². The van der Waals surface area contributed by atoms with Crippen molar-refractivity contribution in [1.82, 2.24) is 9.80 Å². The largest absolute Gasteiger partial charge is 0.371 e. The van der Waals surface area contributed by atoms with Gasteiger partial charge in [0.15, 0.2) is 0 Å². The maximum Gasteiger partial charge on any atom is 0.0396 e. The summed E-state index contributed by atoms with van der Waals surface area (Å²) in [6.07, 6.45) is 15.4. The number of piperazine rings is 1. The molecule has 5 rings (SSSR count). The quantitative estimate of drug-likeness (QED) is 0.398. The van der Waals surface area contributed by atoms with Crippen molar-refractivity contribution in [1.29, 1.82) is 0 Å². The van der Waals surface area contributed by atoms with Gasteiger partial charge in [-0.2, -0.15) is 0 Å². The molecule has 182 valence electrons. The molecule has 1 aromatic rings. The van der Waals surface area contributed by atoms with E-state index >= 15 is 0 Å². The zero-order chi connectivity index (χ0) is 23.7. The van der Waals surface area contributed by atoms with Gasteiger partial charge in [-0.05, 0) is 106 Å². The van der Waals surface area contributed by atoms with Gasteiger partial charge in [0.1, 0.15) is 0 Å². The second-order valence-corrected chi connectivity index (χ2v) is 10.7. The summed E-state index contributed by atoms with van der Waals surface area (Å²) in [6, 6.07) is 6.96. The number of allylic oxidation sites excluding steroid dienone is 5. The van der Waals surface area contributed by atoms with Crippen LogP contribution in [0, 0.1) is 18.8 Å². The molecule has 4 aliphatic rings. The summed E-state index contributed by atoms with van der Waals surface area (Å²) < 4.78 is 0. The molecular weight excluding hydrogens is 414 g/mol. The Hall–Kier alpha value is -2.42.